The Morgan fingerprint density at radius 1 is 1.33 bits per heavy atom. The number of hydrogen-bond acceptors (Lipinski definition) is 2. The summed E-state index contributed by atoms with van der Waals surface area (Å²) in [5.41, 5.74) is 1.92. The van der Waals surface area contributed by atoms with Crippen molar-refractivity contribution in [2.24, 2.45) is 5.41 Å². The highest BCUT2D eigenvalue weighted by Gasteiger charge is 2.38. The van der Waals surface area contributed by atoms with Crippen LogP contribution in [0.15, 0.2) is 28.1 Å². The number of fused-ring (bicyclic) bond motifs is 1. The van der Waals surface area contributed by atoms with Gasteiger partial charge in [0.1, 0.15) is 0 Å². The maximum absolute atomic E-state index is 3.86. The van der Waals surface area contributed by atoms with Crippen LogP contribution >= 0.6 is 27.3 Å². The molecule has 21 heavy (non-hydrogen) atoms. The van der Waals surface area contributed by atoms with Crippen LogP contribution in [-0.2, 0) is 0 Å². The fourth-order valence-corrected chi connectivity index (χ4v) is 5.41. The van der Waals surface area contributed by atoms with Crippen LogP contribution in [-0.4, -0.2) is 6.54 Å². The normalized spacial score (nSPS) is 19.2. The van der Waals surface area contributed by atoms with Crippen LogP contribution in [0.4, 0.5) is 0 Å². The monoisotopic (exact) mass is 365 g/mol. The molecule has 0 radical (unpaired) electrons. The number of rotatable bonds is 5. The van der Waals surface area contributed by atoms with Gasteiger partial charge in [-0.15, -0.1) is 11.3 Å². The van der Waals surface area contributed by atoms with Crippen LogP contribution in [0.1, 0.15) is 57.6 Å². The molecule has 1 unspecified atom stereocenters. The predicted octanol–water partition coefficient (Wildman–Crippen LogP) is 6.28. The first-order valence-corrected chi connectivity index (χ1v) is 9.72. The van der Waals surface area contributed by atoms with E-state index >= 15 is 0 Å². The van der Waals surface area contributed by atoms with E-state index in [9.17, 15) is 0 Å². The third-order valence-corrected chi connectivity index (χ3v) is 6.90. The Morgan fingerprint density at radius 3 is 2.81 bits per heavy atom. The Morgan fingerprint density at radius 2 is 2.10 bits per heavy atom. The molecule has 1 N–H and O–H groups in total. The topological polar surface area (TPSA) is 12.0 Å². The van der Waals surface area contributed by atoms with E-state index in [1.807, 2.05) is 11.3 Å². The van der Waals surface area contributed by atoms with Gasteiger partial charge in [-0.3, -0.25) is 0 Å². The molecule has 1 aliphatic carbocycles. The molecular weight excluding hydrogens is 342 g/mol. The lowest BCUT2D eigenvalue weighted by molar-refractivity contribution is 0.225. The van der Waals surface area contributed by atoms with Crippen LogP contribution in [0, 0.1) is 5.41 Å². The van der Waals surface area contributed by atoms with E-state index in [2.05, 4.69) is 58.7 Å². The lowest BCUT2D eigenvalue weighted by Crippen LogP contribution is -2.34. The van der Waals surface area contributed by atoms with Gasteiger partial charge in [0.15, 0.2) is 0 Å². The first-order valence-electron chi connectivity index (χ1n) is 8.05. The molecule has 1 atom stereocenters. The van der Waals surface area contributed by atoms with Gasteiger partial charge < -0.3 is 5.32 Å². The summed E-state index contributed by atoms with van der Waals surface area (Å²) in [5.74, 6) is 0. The second-order valence-corrected chi connectivity index (χ2v) is 8.29. The molecular formula is C18H24BrNS. The van der Waals surface area contributed by atoms with Crippen molar-refractivity contribution in [3.05, 3.63) is 33.6 Å². The molecule has 2 aromatic rings. The minimum absolute atomic E-state index is 0.408. The van der Waals surface area contributed by atoms with Gasteiger partial charge in [-0.05, 0) is 69.5 Å². The van der Waals surface area contributed by atoms with E-state index in [1.165, 1.54) is 52.2 Å². The summed E-state index contributed by atoms with van der Waals surface area (Å²) in [6.45, 7) is 5.84. The molecule has 0 spiro atoms. The molecule has 3 heteroatoms. The summed E-state index contributed by atoms with van der Waals surface area (Å²) in [7, 11) is 0. The fraction of sp³-hybridized carbons (Fsp3) is 0.556. The van der Waals surface area contributed by atoms with Gasteiger partial charge in [-0.2, -0.15) is 0 Å². The van der Waals surface area contributed by atoms with Crippen molar-refractivity contribution in [1.82, 2.24) is 5.32 Å². The summed E-state index contributed by atoms with van der Waals surface area (Å²) in [4.78, 5) is 0. The minimum Gasteiger partial charge on any atom is -0.309 e. The highest BCUT2D eigenvalue weighted by Crippen LogP contribution is 2.49. The van der Waals surface area contributed by atoms with E-state index in [0.717, 1.165) is 6.54 Å². The van der Waals surface area contributed by atoms with Crippen molar-refractivity contribution in [2.75, 3.05) is 6.54 Å². The summed E-state index contributed by atoms with van der Waals surface area (Å²) < 4.78 is 2.61. The zero-order valence-corrected chi connectivity index (χ0v) is 15.3. The molecule has 0 amide bonds. The number of nitrogens with one attached hydrogen (secondary N) is 1. The van der Waals surface area contributed by atoms with Gasteiger partial charge >= 0.3 is 0 Å². The van der Waals surface area contributed by atoms with Gasteiger partial charge in [0, 0.05) is 15.2 Å². The fourth-order valence-electron chi connectivity index (χ4n) is 3.76. The van der Waals surface area contributed by atoms with Crippen molar-refractivity contribution >= 4 is 37.4 Å². The van der Waals surface area contributed by atoms with Crippen molar-refractivity contribution < 1.29 is 0 Å². The molecule has 1 aliphatic rings. The minimum atomic E-state index is 0.408. The highest BCUT2D eigenvalue weighted by molar-refractivity contribution is 9.10. The Hall–Kier alpha value is -0.380. The first-order chi connectivity index (χ1) is 10.2. The first kappa shape index (κ1) is 15.5. The van der Waals surface area contributed by atoms with Crippen LogP contribution < -0.4 is 5.32 Å². The summed E-state index contributed by atoms with van der Waals surface area (Å²) >= 11 is 5.57. The summed E-state index contributed by atoms with van der Waals surface area (Å²) in [6, 6.07) is 7.08. The highest BCUT2D eigenvalue weighted by atomic mass is 79.9. The van der Waals surface area contributed by atoms with E-state index in [4.69, 9.17) is 0 Å². The Kier molecular flexibility index (Phi) is 4.72. The Balaban J connectivity index is 2.03. The van der Waals surface area contributed by atoms with Crippen LogP contribution in [0.2, 0.25) is 0 Å². The lowest BCUT2D eigenvalue weighted by Gasteiger charge is -2.35. The maximum atomic E-state index is 3.86. The molecule has 3 rings (SSSR count). The van der Waals surface area contributed by atoms with Crippen molar-refractivity contribution in [1.29, 1.82) is 0 Å². The van der Waals surface area contributed by atoms with Gasteiger partial charge in [0.05, 0.1) is 0 Å². The van der Waals surface area contributed by atoms with Crippen LogP contribution in [0.25, 0.3) is 10.1 Å². The molecule has 0 aliphatic heterocycles. The smallest absolute Gasteiger partial charge is 0.0488 e. The molecule has 114 valence electrons. The van der Waals surface area contributed by atoms with Crippen molar-refractivity contribution in [2.45, 2.75) is 52.0 Å². The molecule has 1 heterocycles. The second kappa shape index (κ2) is 6.39. The number of benzene rings is 1. The SMILES string of the molecule is CCCNC(c1csc2c(Br)cccc12)C1(C)CCCC1. The standard InChI is InChI=1S/C18H24BrNS/c1-3-11-20-17(18(2)9-4-5-10-18)14-12-21-16-13(14)7-6-8-15(16)19/h6-8,12,17,20H,3-5,9-11H2,1-2H3. The summed E-state index contributed by atoms with van der Waals surface area (Å²) in [5, 5.41) is 7.67. The average molecular weight is 366 g/mol. The Bertz CT molecular complexity index is 613. The second-order valence-electron chi connectivity index (χ2n) is 6.56. The van der Waals surface area contributed by atoms with Crippen LogP contribution in [0.3, 0.4) is 0 Å². The van der Waals surface area contributed by atoms with E-state index in [-0.39, 0.29) is 0 Å². The predicted molar refractivity (Wildman–Crippen MR) is 97.1 cm³/mol. The third-order valence-electron chi connectivity index (χ3n) is 4.93. The maximum Gasteiger partial charge on any atom is 0.0488 e. The van der Waals surface area contributed by atoms with E-state index in [1.54, 1.807) is 0 Å². The molecule has 1 fully saturated rings. The lowest BCUT2D eigenvalue weighted by atomic mass is 9.77. The molecule has 0 saturated heterocycles. The zero-order valence-electron chi connectivity index (χ0n) is 12.9. The van der Waals surface area contributed by atoms with Crippen molar-refractivity contribution in [3.63, 3.8) is 0 Å². The molecule has 0 bridgehead atoms. The van der Waals surface area contributed by atoms with Gasteiger partial charge in [-0.25, -0.2) is 0 Å². The zero-order chi connectivity index (χ0) is 14.9. The van der Waals surface area contributed by atoms with Gasteiger partial charge in [-0.1, -0.05) is 38.8 Å². The molecule has 1 aromatic heterocycles. The number of thiophene rings is 1. The number of hydrogen-bond donors (Lipinski definition) is 1. The Labute approximate surface area is 140 Å². The average Bonchev–Trinajstić information content (AvgIpc) is 3.08. The van der Waals surface area contributed by atoms with E-state index in [0.29, 0.717) is 11.5 Å². The van der Waals surface area contributed by atoms with Crippen molar-refractivity contribution in [3.8, 4) is 0 Å². The van der Waals surface area contributed by atoms with Gasteiger partial charge in [0.2, 0.25) is 0 Å². The van der Waals surface area contributed by atoms with Crippen LogP contribution in [0.5, 0.6) is 0 Å². The quantitative estimate of drug-likeness (QED) is 0.656. The van der Waals surface area contributed by atoms with Gasteiger partial charge in [0.25, 0.3) is 0 Å². The van der Waals surface area contributed by atoms with E-state index < -0.39 is 0 Å². The molecule has 1 saturated carbocycles. The summed E-state index contributed by atoms with van der Waals surface area (Å²) in [6.07, 6.45) is 6.65. The number of halogens is 1. The molecule has 1 aromatic carbocycles. The molecule has 1 nitrogen and oxygen atoms in total. The third kappa shape index (κ3) is 2.93. The largest absolute Gasteiger partial charge is 0.309 e.